The third-order valence-electron chi connectivity index (χ3n) is 8.83. The SMILES string of the molecule is O=C(c1cccs1)C1C(c2ccc(Cl)cc2)C(C(=O)NCC2CC2)N(C(=O)NC2CCCCC2)C1c1ccccc1. The third kappa shape index (κ3) is 6.07. The molecule has 4 atom stereocenters. The van der Waals surface area contributed by atoms with Crippen molar-refractivity contribution in [3.63, 3.8) is 0 Å². The first kappa shape index (κ1) is 28.0. The molecule has 3 aromatic rings. The number of halogens is 1. The van der Waals surface area contributed by atoms with Gasteiger partial charge in [0, 0.05) is 23.5 Å². The van der Waals surface area contributed by atoms with E-state index in [2.05, 4.69) is 10.6 Å². The normalized spacial score (nSPS) is 24.7. The standard InChI is InChI=1S/C33H36ClN3O3S/c34-24-17-15-22(16-18-24)27-28(31(38)26-12-7-19-41-26)29(23-8-3-1-4-9-23)37(30(27)32(39)35-20-21-13-14-21)33(40)36-25-10-5-2-6-11-25/h1,3-4,7-9,12,15-19,21,25,27-30H,2,5-6,10-11,13-14,20H2,(H,35,39)(H,36,40). The minimum atomic E-state index is -0.863. The van der Waals surface area contributed by atoms with Gasteiger partial charge in [-0.2, -0.15) is 0 Å². The molecule has 214 valence electrons. The van der Waals surface area contributed by atoms with E-state index in [9.17, 15) is 14.4 Å². The Balaban J connectivity index is 1.49. The van der Waals surface area contributed by atoms with Crippen LogP contribution in [0.15, 0.2) is 72.1 Å². The summed E-state index contributed by atoms with van der Waals surface area (Å²) in [6, 6.07) is 19.1. The summed E-state index contributed by atoms with van der Waals surface area (Å²) in [5, 5.41) is 8.90. The number of amides is 3. The van der Waals surface area contributed by atoms with E-state index in [1.54, 1.807) is 17.0 Å². The molecule has 2 aliphatic carbocycles. The topological polar surface area (TPSA) is 78.5 Å². The van der Waals surface area contributed by atoms with Crippen LogP contribution in [0.4, 0.5) is 4.79 Å². The summed E-state index contributed by atoms with van der Waals surface area (Å²) in [6.07, 6.45) is 7.37. The van der Waals surface area contributed by atoms with E-state index < -0.39 is 23.9 Å². The number of hydrogen-bond donors (Lipinski definition) is 2. The number of benzene rings is 2. The molecule has 0 spiro atoms. The summed E-state index contributed by atoms with van der Waals surface area (Å²) in [5.41, 5.74) is 1.67. The number of urea groups is 1. The number of likely N-dealkylation sites (tertiary alicyclic amines) is 1. The lowest BCUT2D eigenvalue weighted by molar-refractivity contribution is -0.125. The zero-order valence-electron chi connectivity index (χ0n) is 23.0. The van der Waals surface area contributed by atoms with Crippen LogP contribution in [0.25, 0.3) is 0 Å². The monoisotopic (exact) mass is 589 g/mol. The molecule has 3 aliphatic rings. The van der Waals surface area contributed by atoms with Crippen molar-refractivity contribution in [1.29, 1.82) is 0 Å². The number of rotatable bonds is 8. The lowest BCUT2D eigenvalue weighted by Gasteiger charge is -2.34. The molecule has 3 fully saturated rings. The summed E-state index contributed by atoms with van der Waals surface area (Å²) >= 11 is 7.68. The van der Waals surface area contributed by atoms with E-state index >= 15 is 0 Å². The van der Waals surface area contributed by atoms with Crippen molar-refractivity contribution in [2.75, 3.05) is 6.54 Å². The van der Waals surface area contributed by atoms with Crippen molar-refractivity contribution >= 4 is 40.7 Å². The second-order valence-electron chi connectivity index (χ2n) is 11.6. The molecule has 0 bridgehead atoms. The van der Waals surface area contributed by atoms with Crippen molar-refractivity contribution in [2.45, 2.75) is 69.0 Å². The fourth-order valence-corrected chi connectivity index (χ4v) is 7.44. The van der Waals surface area contributed by atoms with Gasteiger partial charge in [-0.25, -0.2) is 4.79 Å². The summed E-state index contributed by atoms with van der Waals surface area (Å²) in [5.74, 6) is -0.999. The van der Waals surface area contributed by atoms with E-state index in [1.807, 2.05) is 60.0 Å². The van der Waals surface area contributed by atoms with Gasteiger partial charge in [0.15, 0.2) is 5.78 Å². The number of nitrogens with zero attached hydrogens (tertiary/aromatic N) is 1. The quantitative estimate of drug-likeness (QED) is 0.278. The molecular formula is C33H36ClN3O3S. The fraction of sp³-hybridized carbons (Fsp3) is 0.424. The Hall–Kier alpha value is -3.16. The second-order valence-corrected chi connectivity index (χ2v) is 13.0. The number of carbonyl (C=O) groups excluding carboxylic acids is 3. The highest BCUT2D eigenvalue weighted by atomic mass is 35.5. The summed E-state index contributed by atoms with van der Waals surface area (Å²) in [7, 11) is 0. The number of ketones is 1. The van der Waals surface area contributed by atoms with Crippen LogP contribution < -0.4 is 10.6 Å². The summed E-state index contributed by atoms with van der Waals surface area (Å²) in [4.78, 5) is 45.3. The summed E-state index contributed by atoms with van der Waals surface area (Å²) < 4.78 is 0. The van der Waals surface area contributed by atoms with Gasteiger partial charge in [-0.15, -0.1) is 11.3 Å². The number of Topliss-reactive ketones (excluding diaryl/α,β-unsaturated/α-hetero) is 1. The zero-order chi connectivity index (χ0) is 28.3. The lowest BCUT2D eigenvalue weighted by atomic mass is 9.77. The first-order valence-electron chi connectivity index (χ1n) is 14.8. The smallest absolute Gasteiger partial charge is 0.318 e. The number of carbonyl (C=O) groups is 3. The Bertz CT molecular complexity index is 1350. The Morgan fingerprint density at radius 1 is 0.854 bits per heavy atom. The molecule has 8 heteroatoms. The molecule has 2 heterocycles. The van der Waals surface area contributed by atoms with Crippen LogP contribution in [0.2, 0.25) is 5.02 Å². The molecule has 6 rings (SSSR count). The highest BCUT2D eigenvalue weighted by molar-refractivity contribution is 7.12. The first-order valence-corrected chi connectivity index (χ1v) is 16.0. The molecule has 1 aromatic heterocycles. The second kappa shape index (κ2) is 12.4. The molecule has 4 unspecified atom stereocenters. The van der Waals surface area contributed by atoms with Crippen molar-refractivity contribution < 1.29 is 14.4 Å². The predicted molar refractivity (Wildman–Crippen MR) is 162 cm³/mol. The van der Waals surface area contributed by atoms with E-state index in [0.717, 1.165) is 49.7 Å². The van der Waals surface area contributed by atoms with Gasteiger partial charge < -0.3 is 15.5 Å². The first-order chi connectivity index (χ1) is 20.0. The van der Waals surface area contributed by atoms with Crippen molar-refractivity contribution in [1.82, 2.24) is 15.5 Å². The average molecular weight is 590 g/mol. The van der Waals surface area contributed by atoms with Gasteiger partial charge in [-0.3, -0.25) is 9.59 Å². The minimum Gasteiger partial charge on any atom is -0.354 e. The van der Waals surface area contributed by atoms with Gasteiger partial charge in [0.2, 0.25) is 5.91 Å². The van der Waals surface area contributed by atoms with E-state index in [0.29, 0.717) is 22.4 Å². The Kier molecular flexibility index (Phi) is 8.45. The molecule has 41 heavy (non-hydrogen) atoms. The number of nitrogens with one attached hydrogen (secondary N) is 2. The van der Waals surface area contributed by atoms with Crippen LogP contribution in [-0.4, -0.2) is 41.2 Å². The molecule has 0 radical (unpaired) electrons. The molecule has 3 amide bonds. The maximum atomic E-state index is 14.4. The lowest BCUT2D eigenvalue weighted by Crippen LogP contribution is -2.54. The van der Waals surface area contributed by atoms with E-state index in [4.69, 9.17) is 11.6 Å². The predicted octanol–water partition coefficient (Wildman–Crippen LogP) is 6.98. The van der Waals surface area contributed by atoms with Crippen molar-refractivity contribution in [2.24, 2.45) is 11.8 Å². The van der Waals surface area contributed by atoms with Crippen LogP contribution in [0.1, 0.15) is 77.7 Å². The van der Waals surface area contributed by atoms with Crippen LogP contribution in [0.5, 0.6) is 0 Å². The Labute approximate surface area is 250 Å². The van der Waals surface area contributed by atoms with E-state index in [1.165, 1.54) is 17.8 Å². The molecule has 1 aliphatic heterocycles. The van der Waals surface area contributed by atoms with Crippen LogP contribution in [0, 0.1) is 11.8 Å². The number of thiophene rings is 1. The highest BCUT2D eigenvalue weighted by Crippen LogP contribution is 2.51. The van der Waals surface area contributed by atoms with Crippen molar-refractivity contribution in [3.8, 4) is 0 Å². The van der Waals surface area contributed by atoms with Crippen molar-refractivity contribution in [3.05, 3.63) is 93.1 Å². The van der Waals surface area contributed by atoms with Gasteiger partial charge in [0.25, 0.3) is 0 Å². The molecule has 2 saturated carbocycles. The molecule has 6 nitrogen and oxygen atoms in total. The van der Waals surface area contributed by atoms with Gasteiger partial charge >= 0.3 is 6.03 Å². The third-order valence-corrected chi connectivity index (χ3v) is 9.96. The largest absolute Gasteiger partial charge is 0.354 e. The van der Waals surface area contributed by atoms with Gasteiger partial charge in [-0.1, -0.05) is 79.4 Å². The maximum Gasteiger partial charge on any atom is 0.318 e. The van der Waals surface area contributed by atoms with Gasteiger partial charge in [-0.05, 0) is 66.3 Å². The Morgan fingerprint density at radius 3 is 2.24 bits per heavy atom. The van der Waals surface area contributed by atoms with Gasteiger partial charge in [0.1, 0.15) is 6.04 Å². The van der Waals surface area contributed by atoms with Crippen LogP contribution in [0.3, 0.4) is 0 Å². The van der Waals surface area contributed by atoms with Crippen LogP contribution >= 0.6 is 22.9 Å². The minimum absolute atomic E-state index is 0.0539. The highest BCUT2D eigenvalue weighted by Gasteiger charge is 2.57. The zero-order valence-corrected chi connectivity index (χ0v) is 24.6. The molecule has 1 saturated heterocycles. The van der Waals surface area contributed by atoms with Crippen LogP contribution in [-0.2, 0) is 4.79 Å². The summed E-state index contributed by atoms with van der Waals surface area (Å²) in [6.45, 7) is 0.584. The maximum absolute atomic E-state index is 14.4. The van der Waals surface area contributed by atoms with E-state index in [-0.39, 0.29) is 23.8 Å². The molecular weight excluding hydrogens is 554 g/mol. The molecule has 2 N–H and O–H groups in total. The Morgan fingerprint density at radius 2 is 1.59 bits per heavy atom. The average Bonchev–Trinajstić information content (AvgIpc) is 3.52. The molecule has 2 aromatic carbocycles. The number of hydrogen-bond acceptors (Lipinski definition) is 4. The fourth-order valence-electron chi connectivity index (χ4n) is 6.60. The van der Waals surface area contributed by atoms with Gasteiger partial charge in [0.05, 0.1) is 16.8 Å².